The van der Waals surface area contributed by atoms with Crippen molar-refractivity contribution in [3.8, 4) is 11.1 Å². The minimum atomic E-state index is -3.87. The van der Waals surface area contributed by atoms with E-state index in [1.165, 1.54) is 43.6 Å². The predicted molar refractivity (Wildman–Crippen MR) is 119 cm³/mol. The zero-order valence-electron chi connectivity index (χ0n) is 16.5. The number of hydrogen-bond donors (Lipinski definition) is 1. The number of carbonyl (C=O) groups is 1. The third kappa shape index (κ3) is 4.25. The highest BCUT2D eigenvalue weighted by molar-refractivity contribution is 7.92. The topological polar surface area (TPSA) is 92.3 Å². The van der Waals surface area contributed by atoms with E-state index in [0.29, 0.717) is 10.8 Å². The molecule has 0 aliphatic heterocycles. The Hall–Kier alpha value is -3.37. The molecule has 0 saturated heterocycles. The molecule has 0 unspecified atom stereocenters. The van der Waals surface area contributed by atoms with E-state index in [1.54, 1.807) is 12.3 Å². The number of nitrogens with one attached hydrogen (secondary N) is 1. The first-order valence-corrected chi connectivity index (χ1v) is 11.4. The highest BCUT2D eigenvalue weighted by atomic mass is 32.2. The Morgan fingerprint density at radius 2 is 1.81 bits per heavy atom. The van der Waals surface area contributed by atoms with Gasteiger partial charge >= 0.3 is 0 Å². The Bertz CT molecular complexity index is 1390. The molecule has 0 aliphatic rings. The van der Waals surface area contributed by atoms with E-state index in [2.05, 4.69) is 15.3 Å². The standard InChI is InChI=1S/C21H17FN4O3S2/c1-13(27)24-21-25-19-8-3-14(10-20(19)30-21)15-9-17(12-23-11-15)26(2)31(28,29)18-6-4-16(22)5-7-18/h3-12H,1-2H3,(H,24,25,27). The molecule has 0 atom stereocenters. The van der Waals surface area contributed by atoms with Crippen LogP contribution in [0.15, 0.2) is 65.8 Å². The van der Waals surface area contributed by atoms with Gasteiger partial charge in [-0.05, 0) is 48.0 Å². The van der Waals surface area contributed by atoms with Crippen LogP contribution >= 0.6 is 11.3 Å². The number of nitrogens with zero attached hydrogens (tertiary/aromatic N) is 3. The number of rotatable bonds is 5. The van der Waals surface area contributed by atoms with Crippen LogP contribution in [0.4, 0.5) is 15.2 Å². The third-order valence-corrected chi connectivity index (χ3v) is 7.30. The van der Waals surface area contributed by atoms with Gasteiger partial charge in [0.1, 0.15) is 5.82 Å². The monoisotopic (exact) mass is 456 g/mol. The summed E-state index contributed by atoms with van der Waals surface area (Å²) in [5.74, 6) is -0.702. The first-order valence-electron chi connectivity index (χ1n) is 9.12. The van der Waals surface area contributed by atoms with Gasteiger partial charge in [-0.15, -0.1) is 0 Å². The Balaban J connectivity index is 1.67. The highest BCUT2D eigenvalue weighted by Crippen LogP contribution is 2.32. The number of sulfonamides is 1. The van der Waals surface area contributed by atoms with E-state index >= 15 is 0 Å². The summed E-state index contributed by atoms with van der Waals surface area (Å²) < 4.78 is 40.9. The summed E-state index contributed by atoms with van der Waals surface area (Å²) in [7, 11) is -2.45. The van der Waals surface area contributed by atoms with Crippen LogP contribution in [0.2, 0.25) is 0 Å². The molecule has 2 heterocycles. The molecular weight excluding hydrogens is 439 g/mol. The van der Waals surface area contributed by atoms with Gasteiger partial charge in [0.25, 0.3) is 10.0 Å². The second-order valence-corrected chi connectivity index (χ2v) is 9.74. The number of aromatic nitrogens is 2. The van der Waals surface area contributed by atoms with E-state index in [4.69, 9.17) is 0 Å². The third-order valence-electron chi connectivity index (χ3n) is 4.56. The molecule has 2 aromatic heterocycles. The summed E-state index contributed by atoms with van der Waals surface area (Å²) in [6.07, 6.45) is 3.09. The molecule has 0 aliphatic carbocycles. The Kier molecular flexibility index (Phi) is 5.42. The summed E-state index contributed by atoms with van der Waals surface area (Å²) in [5.41, 5.74) is 2.66. The number of anilines is 2. The predicted octanol–water partition coefficient (Wildman–Crippen LogP) is 4.28. The van der Waals surface area contributed by atoms with Gasteiger partial charge in [-0.2, -0.15) is 0 Å². The fourth-order valence-corrected chi connectivity index (χ4v) is 5.09. The van der Waals surface area contributed by atoms with E-state index < -0.39 is 15.8 Å². The Morgan fingerprint density at radius 3 is 2.52 bits per heavy atom. The number of pyridine rings is 1. The molecule has 158 valence electrons. The molecule has 0 fully saturated rings. The first kappa shape index (κ1) is 20.9. The van der Waals surface area contributed by atoms with Crippen molar-refractivity contribution in [2.24, 2.45) is 0 Å². The molecule has 2 aromatic carbocycles. The van der Waals surface area contributed by atoms with Gasteiger partial charge < -0.3 is 5.32 Å². The Labute approximate surface area is 182 Å². The van der Waals surface area contributed by atoms with Crippen LogP contribution in [0.3, 0.4) is 0 Å². The van der Waals surface area contributed by atoms with Gasteiger partial charge in [0, 0.05) is 25.7 Å². The largest absolute Gasteiger partial charge is 0.302 e. The lowest BCUT2D eigenvalue weighted by Crippen LogP contribution is -2.26. The fraction of sp³-hybridized carbons (Fsp3) is 0.0952. The maximum Gasteiger partial charge on any atom is 0.264 e. The van der Waals surface area contributed by atoms with Gasteiger partial charge in [0.05, 0.1) is 27.0 Å². The van der Waals surface area contributed by atoms with E-state index in [9.17, 15) is 17.6 Å². The molecule has 31 heavy (non-hydrogen) atoms. The lowest BCUT2D eigenvalue weighted by Gasteiger charge is -2.19. The molecule has 0 saturated carbocycles. The van der Waals surface area contributed by atoms with Crippen molar-refractivity contribution in [2.45, 2.75) is 11.8 Å². The number of thiazole rings is 1. The number of halogens is 1. The maximum absolute atomic E-state index is 13.2. The Morgan fingerprint density at radius 1 is 1.06 bits per heavy atom. The fourth-order valence-electron chi connectivity index (χ4n) is 2.97. The van der Waals surface area contributed by atoms with Crippen molar-refractivity contribution in [3.63, 3.8) is 0 Å². The zero-order chi connectivity index (χ0) is 22.2. The van der Waals surface area contributed by atoms with Crippen LogP contribution in [0.1, 0.15) is 6.92 Å². The van der Waals surface area contributed by atoms with Crippen molar-refractivity contribution >= 4 is 48.3 Å². The molecule has 4 aromatic rings. The van der Waals surface area contributed by atoms with Gasteiger partial charge in [-0.1, -0.05) is 17.4 Å². The molecule has 0 spiro atoms. The van der Waals surface area contributed by atoms with Crippen molar-refractivity contribution in [3.05, 3.63) is 66.7 Å². The molecule has 7 nitrogen and oxygen atoms in total. The average molecular weight is 457 g/mol. The number of hydrogen-bond acceptors (Lipinski definition) is 6. The zero-order valence-corrected chi connectivity index (χ0v) is 18.2. The molecule has 1 amide bonds. The minimum Gasteiger partial charge on any atom is -0.302 e. The quantitative estimate of drug-likeness (QED) is 0.484. The summed E-state index contributed by atoms with van der Waals surface area (Å²) >= 11 is 1.35. The van der Waals surface area contributed by atoms with Crippen LogP contribution in [0, 0.1) is 5.82 Å². The molecular formula is C21H17FN4O3S2. The molecule has 10 heteroatoms. The smallest absolute Gasteiger partial charge is 0.264 e. The van der Waals surface area contributed by atoms with E-state index in [0.717, 1.165) is 37.8 Å². The summed E-state index contributed by atoms with van der Waals surface area (Å²) in [5, 5.41) is 3.18. The van der Waals surface area contributed by atoms with Crippen molar-refractivity contribution in [1.82, 2.24) is 9.97 Å². The summed E-state index contributed by atoms with van der Waals surface area (Å²) in [6.45, 7) is 1.42. The van der Waals surface area contributed by atoms with Gasteiger partial charge in [0.2, 0.25) is 5.91 Å². The SMILES string of the molecule is CC(=O)Nc1nc2ccc(-c3cncc(N(C)S(=O)(=O)c4ccc(F)cc4)c3)cc2s1. The minimum absolute atomic E-state index is 0.0154. The second kappa shape index (κ2) is 8.05. The number of carbonyl (C=O) groups excluding carboxylic acids is 1. The van der Waals surface area contributed by atoms with Gasteiger partial charge in [-0.25, -0.2) is 17.8 Å². The number of amides is 1. The summed E-state index contributed by atoms with van der Waals surface area (Å²) in [6, 6.07) is 12.0. The van der Waals surface area contributed by atoms with Crippen molar-refractivity contribution in [1.29, 1.82) is 0 Å². The lowest BCUT2D eigenvalue weighted by atomic mass is 10.1. The normalized spacial score (nSPS) is 11.5. The average Bonchev–Trinajstić information content (AvgIpc) is 3.14. The summed E-state index contributed by atoms with van der Waals surface area (Å²) in [4.78, 5) is 19.8. The highest BCUT2D eigenvalue weighted by Gasteiger charge is 2.22. The second-order valence-electron chi connectivity index (χ2n) is 6.74. The maximum atomic E-state index is 13.2. The number of benzene rings is 2. The molecule has 1 N–H and O–H groups in total. The van der Waals surface area contributed by atoms with Crippen LogP contribution in [-0.2, 0) is 14.8 Å². The van der Waals surface area contributed by atoms with Crippen LogP contribution in [0.5, 0.6) is 0 Å². The number of fused-ring (bicyclic) bond motifs is 1. The van der Waals surface area contributed by atoms with Crippen LogP contribution < -0.4 is 9.62 Å². The van der Waals surface area contributed by atoms with Crippen LogP contribution in [-0.4, -0.2) is 31.3 Å². The van der Waals surface area contributed by atoms with Crippen LogP contribution in [0.25, 0.3) is 21.3 Å². The molecule has 0 bridgehead atoms. The molecule has 0 radical (unpaired) electrons. The van der Waals surface area contributed by atoms with Crippen molar-refractivity contribution < 1.29 is 17.6 Å². The van der Waals surface area contributed by atoms with Crippen molar-refractivity contribution in [2.75, 3.05) is 16.7 Å². The molecule has 4 rings (SSSR count). The van der Waals surface area contributed by atoms with Gasteiger partial charge in [0.15, 0.2) is 5.13 Å². The first-order chi connectivity index (χ1) is 14.7. The van der Waals surface area contributed by atoms with E-state index in [1.807, 2.05) is 18.2 Å². The lowest BCUT2D eigenvalue weighted by molar-refractivity contribution is -0.114. The van der Waals surface area contributed by atoms with E-state index in [-0.39, 0.29) is 10.8 Å². The van der Waals surface area contributed by atoms with Gasteiger partial charge in [-0.3, -0.25) is 14.1 Å².